The summed E-state index contributed by atoms with van der Waals surface area (Å²) in [5.74, 6) is -0.345. The summed E-state index contributed by atoms with van der Waals surface area (Å²) in [5, 5.41) is 4.38. The molecule has 0 saturated heterocycles. The van der Waals surface area contributed by atoms with Crippen molar-refractivity contribution in [3.63, 3.8) is 0 Å². The first-order chi connectivity index (χ1) is 13.3. The smallest absolute Gasteiger partial charge is 0.416 e. The Bertz CT molecular complexity index is 995. The molecule has 0 fully saturated rings. The number of hydrogen-bond acceptors (Lipinski definition) is 4. The summed E-state index contributed by atoms with van der Waals surface area (Å²) >= 11 is 1.44. The van der Waals surface area contributed by atoms with Gasteiger partial charge in [-0.05, 0) is 49.4 Å². The maximum atomic E-state index is 12.7. The Morgan fingerprint density at radius 2 is 1.86 bits per heavy atom. The summed E-state index contributed by atoms with van der Waals surface area (Å²) in [7, 11) is 0. The van der Waals surface area contributed by atoms with Gasteiger partial charge >= 0.3 is 6.18 Å². The number of rotatable bonds is 5. The third-order valence-electron chi connectivity index (χ3n) is 3.65. The highest BCUT2D eigenvalue weighted by Crippen LogP contribution is 2.30. The highest BCUT2D eigenvalue weighted by atomic mass is 32.2. The number of nitrogens with one attached hydrogen (secondary N) is 1. The minimum atomic E-state index is -4.51. The van der Waals surface area contributed by atoms with Crippen molar-refractivity contribution < 1.29 is 22.4 Å². The first-order valence-corrected chi connectivity index (χ1v) is 8.98. The first-order valence-electron chi connectivity index (χ1n) is 8.16. The third kappa shape index (κ3) is 5.26. The van der Waals surface area contributed by atoms with Crippen molar-refractivity contribution in [1.29, 1.82) is 0 Å². The molecule has 8 heteroatoms. The van der Waals surface area contributed by atoms with Crippen LogP contribution in [0, 0.1) is 6.92 Å². The van der Waals surface area contributed by atoms with Crippen LogP contribution in [0.4, 0.5) is 13.2 Å². The van der Waals surface area contributed by atoms with Crippen LogP contribution in [0.25, 0.3) is 0 Å². The zero-order valence-electron chi connectivity index (χ0n) is 14.7. The van der Waals surface area contributed by atoms with E-state index < -0.39 is 17.6 Å². The Morgan fingerprint density at radius 3 is 2.57 bits per heavy atom. The van der Waals surface area contributed by atoms with Gasteiger partial charge in [0.1, 0.15) is 5.76 Å². The van der Waals surface area contributed by atoms with E-state index in [0.717, 1.165) is 22.6 Å². The number of furan rings is 1. The number of alkyl halides is 3. The summed E-state index contributed by atoms with van der Waals surface area (Å²) in [5.41, 5.74) is 2.32. The molecular formula is C20H15F3N2O2S. The van der Waals surface area contributed by atoms with Gasteiger partial charge in [-0.25, -0.2) is 5.43 Å². The SMILES string of the molecule is Cc1ccc(Sc2ccc(/C=N\NC(=O)c3cccc(C(F)(F)F)c3)o2)cc1. The fourth-order valence-corrected chi connectivity index (χ4v) is 3.02. The molecule has 0 spiro atoms. The normalized spacial score (nSPS) is 11.7. The standard InChI is InChI=1S/C20H15F3N2O2S/c1-13-5-8-17(9-6-13)28-18-10-7-16(27-18)12-24-25-19(26)14-3-2-4-15(11-14)20(21,22)23/h2-12H,1H3,(H,25,26)/b24-12-. The average molecular weight is 404 g/mol. The zero-order valence-corrected chi connectivity index (χ0v) is 15.5. The van der Waals surface area contributed by atoms with Crippen molar-refractivity contribution in [3.8, 4) is 0 Å². The minimum Gasteiger partial charge on any atom is -0.448 e. The molecule has 144 valence electrons. The Balaban J connectivity index is 1.60. The van der Waals surface area contributed by atoms with Crippen molar-refractivity contribution in [1.82, 2.24) is 5.43 Å². The van der Waals surface area contributed by atoms with Gasteiger partial charge in [-0.2, -0.15) is 18.3 Å². The number of carbonyl (C=O) groups is 1. The van der Waals surface area contributed by atoms with Gasteiger partial charge in [0, 0.05) is 10.5 Å². The van der Waals surface area contributed by atoms with Gasteiger partial charge in [0.05, 0.1) is 11.8 Å². The molecule has 0 aliphatic rings. The van der Waals surface area contributed by atoms with E-state index >= 15 is 0 Å². The lowest BCUT2D eigenvalue weighted by Gasteiger charge is -2.07. The number of hydrogen-bond donors (Lipinski definition) is 1. The molecule has 0 unspecified atom stereocenters. The fourth-order valence-electron chi connectivity index (χ4n) is 2.24. The summed E-state index contributed by atoms with van der Waals surface area (Å²) in [4.78, 5) is 13.0. The van der Waals surface area contributed by atoms with Crippen LogP contribution in [-0.2, 0) is 6.18 Å². The van der Waals surface area contributed by atoms with Crippen LogP contribution in [0.1, 0.15) is 27.2 Å². The molecule has 1 N–H and O–H groups in total. The Labute approximate surface area is 163 Å². The Morgan fingerprint density at radius 1 is 1.11 bits per heavy atom. The topological polar surface area (TPSA) is 54.6 Å². The lowest BCUT2D eigenvalue weighted by molar-refractivity contribution is -0.137. The molecular weight excluding hydrogens is 389 g/mol. The predicted octanol–water partition coefficient (Wildman–Crippen LogP) is 5.52. The van der Waals surface area contributed by atoms with Gasteiger partial charge in [-0.3, -0.25) is 4.79 Å². The number of benzene rings is 2. The van der Waals surface area contributed by atoms with Gasteiger partial charge in [0.2, 0.25) is 0 Å². The van der Waals surface area contributed by atoms with E-state index in [-0.39, 0.29) is 5.56 Å². The van der Waals surface area contributed by atoms with Crippen molar-refractivity contribution in [2.24, 2.45) is 5.10 Å². The Hall–Kier alpha value is -3.00. The van der Waals surface area contributed by atoms with Gasteiger partial charge < -0.3 is 4.42 Å². The highest BCUT2D eigenvalue weighted by molar-refractivity contribution is 7.99. The molecule has 3 rings (SSSR count). The van der Waals surface area contributed by atoms with Crippen LogP contribution >= 0.6 is 11.8 Å². The number of nitrogens with zero attached hydrogens (tertiary/aromatic N) is 1. The molecule has 1 aromatic heterocycles. The second-order valence-electron chi connectivity index (χ2n) is 5.85. The van der Waals surface area contributed by atoms with E-state index in [1.165, 1.54) is 30.1 Å². The second-order valence-corrected chi connectivity index (χ2v) is 6.93. The average Bonchev–Trinajstić information content (AvgIpc) is 3.10. The van der Waals surface area contributed by atoms with Gasteiger partial charge in [0.15, 0.2) is 5.09 Å². The van der Waals surface area contributed by atoms with E-state index in [0.29, 0.717) is 10.9 Å². The first kappa shape index (κ1) is 19.8. The molecule has 3 aromatic rings. The molecule has 0 bridgehead atoms. The van der Waals surface area contributed by atoms with Crippen LogP contribution in [0.3, 0.4) is 0 Å². The van der Waals surface area contributed by atoms with Crippen LogP contribution in [0.15, 0.2) is 80.2 Å². The number of hydrazone groups is 1. The van der Waals surface area contributed by atoms with Crippen LogP contribution < -0.4 is 5.43 Å². The molecule has 28 heavy (non-hydrogen) atoms. The number of amides is 1. The van der Waals surface area contributed by atoms with Crippen LogP contribution in [-0.4, -0.2) is 12.1 Å². The highest BCUT2D eigenvalue weighted by Gasteiger charge is 2.30. The summed E-state index contributed by atoms with van der Waals surface area (Å²) in [6.07, 6.45) is -3.23. The Kier molecular flexibility index (Phi) is 5.89. The van der Waals surface area contributed by atoms with Gasteiger partial charge in [-0.1, -0.05) is 35.5 Å². The van der Waals surface area contributed by atoms with E-state index in [1.807, 2.05) is 31.2 Å². The second kappa shape index (κ2) is 8.35. The molecule has 1 heterocycles. The number of carbonyl (C=O) groups excluding carboxylic acids is 1. The summed E-state index contributed by atoms with van der Waals surface area (Å²) in [6, 6.07) is 15.5. The number of halogens is 3. The largest absolute Gasteiger partial charge is 0.448 e. The maximum Gasteiger partial charge on any atom is 0.416 e. The van der Waals surface area contributed by atoms with Crippen LogP contribution in [0.2, 0.25) is 0 Å². The fraction of sp³-hybridized carbons (Fsp3) is 0.100. The maximum absolute atomic E-state index is 12.7. The lowest BCUT2D eigenvalue weighted by Crippen LogP contribution is -2.18. The molecule has 0 aliphatic heterocycles. The predicted molar refractivity (Wildman–Crippen MR) is 101 cm³/mol. The summed E-state index contributed by atoms with van der Waals surface area (Å²) < 4.78 is 43.7. The number of aryl methyl sites for hydroxylation is 1. The van der Waals surface area contributed by atoms with Crippen molar-refractivity contribution in [2.45, 2.75) is 23.1 Å². The molecule has 0 atom stereocenters. The molecule has 0 radical (unpaired) electrons. The van der Waals surface area contributed by atoms with E-state index in [2.05, 4.69) is 10.5 Å². The van der Waals surface area contributed by atoms with Crippen molar-refractivity contribution in [3.05, 3.63) is 83.1 Å². The quantitative estimate of drug-likeness (QED) is 0.450. The zero-order chi connectivity index (χ0) is 20.1. The van der Waals surface area contributed by atoms with Crippen molar-refractivity contribution in [2.75, 3.05) is 0 Å². The minimum absolute atomic E-state index is 0.137. The van der Waals surface area contributed by atoms with Crippen molar-refractivity contribution >= 4 is 23.9 Å². The van der Waals surface area contributed by atoms with Gasteiger partial charge in [0.25, 0.3) is 5.91 Å². The molecule has 4 nitrogen and oxygen atoms in total. The van der Waals surface area contributed by atoms with E-state index in [4.69, 9.17) is 4.42 Å². The van der Waals surface area contributed by atoms with Gasteiger partial charge in [-0.15, -0.1) is 0 Å². The molecule has 0 aliphatic carbocycles. The van der Waals surface area contributed by atoms with E-state index in [1.54, 1.807) is 12.1 Å². The van der Waals surface area contributed by atoms with E-state index in [9.17, 15) is 18.0 Å². The molecule has 1 amide bonds. The monoisotopic (exact) mass is 404 g/mol. The molecule has 2 aromatic carbocycles. The lowest BCUT2D eigenvalue weighted by atomic mass is 10.1. The summed E-state index contributed by atoms with van der Waals surface area (Å²) in [6.45, 7) is 2.00. The van der Waals surface area contributed by atoms with Crippen LogP contribution in [0.5, 0.6) is 0 Å². The third-order valence-corrected chi connectivity index (χ3v) is 4.58. The molecule has 0 saturated carbocycles.